The zero-order valence-corrected chi connectivity index (χ0v) is 28.9. The quantitative estimate of drug-likeness (QED) is 0.149. The molecule has 0 bridgehead atoms. The molecule has 2 nitrogen and oxygen atoms in total. The monoisotopic (exact) mass is 675 g/mol. The van der Waals surface area contributed by atoms with Crippen LogP contribution in [0.3, 0.4) is 0 Å². The van der Waals surface area contributed by atoms with Crippen molar-refractivity contribution in [2.24, 2.45) is 0 Å². The van der Waals surface area contributed by atoms with E-state index in [4.69, 9.17) is 10.5 Å². The molecule has 0 saturated heterocycles. The molecule has 2 aliphatic rings. The van der Waals surface area contributed by atoms with Crippen LogP contribution >= 0.6 is 0 Å². The first-order valence-corrected chi connectivity index (χ1v) is 18.2. The van der Waals surface area contributed by atoms with Crippen LogP contribution in [0.25, 0.3) is 66.1 Å². The third-order valence-electron chi connectivity index (χ3n) is 11.5. The van der Waals surface area contributed by atoms with E-state index in [1.807, 2.05) is 12.1 Å². The van der Waals surface area contributed by atoms with Crippen LogP contribution in [0.15, 0.2) is 188 Å². The van der Waals surface area contributed by atoms with Gasteiger partial charge in [-0.15, -0.1) is 0 Å². The summed E-state index contributed by atoms with van der Waals surface area (Å²) >= 11 is 0. The van der Waals surface area contributed by atoms with Gasteiger partial charge in [0.05, 0.1) is 5.41 Å². The van der Waals surface area contributed by atoms with Crippen molar-refractivity contribution in [2.45, 2.75) is 5.41 Å². The summed E-state index contributed by atoms with van der Waals surface area (Å²) in [5.41, 5.74) is 20.7. The molecule has 0 fully saturated rings. The Balaban J connectivity index is 1.24. The average Bonchev–Trinajstić information content (AvgIpc) is 3.51. The van der Waals surface area contributed by atoms with E-state index in [-0.39, 0.29) is 0 Å². The molecule has 1 heterocycles. The van der Waals surface area contributed by atoms with E-state index in [0.29, 0.717) is 0 Å². The summed E-state index contributed by atoms with van der Waals surface area (Å²) < 4.78 is 6.93. The van der Waals surface area contributed by atoms with E-state index in [9.17, 15) is 0 Å². The summed E-state index contributed by atoms with van der Waals surface area (Å²) in [5.74, 6) is 1.75. The molecule has 9 aromatic carbocycles. The van der Waals surface area contributed by atoms with Crippen LogP contribution in [0.1, 0.15) is 22.3 Å². The number of nitrogens with two attached hydrogens (primary N) is 1. The maximum atomic E-state index is 6.93. The van der Waals surface area contributed by atoms with Crippen molar-refractivity contribution < 1.29 is 4.74 Å². The number of rotatable bonds is 3. The molecular weight excluding hydrogens is 643 g/mol. The lowest BCUT2D eigenvalue weighted by molar-refractivity contribution is 0.436. The number of hydrogen-bond donors (Lipinski definition) is 1. The van der Waals surface area contributed by atoms with Crippen LogP contribution in [-0.2, 0) is 5.41 Å². The molecule has 248 valence electrons. The lowest BCUT2D eigenvalue weighted by Gasteiger charge is -2.40. The first kappa shape index (κ1) is 29.8. The molecule has 1 aliphatic heterocycles. The van der Waals surface area contributed by atoms with Crippen LogP contribution in [0, 0.1) is 0 Å². The minimum atomic E-state index is -0.606. The molecule has 11 rings (SSSR count). The van der Waals surface area contributed by atoms with Gasteiger partial charge in [0.15, 0.2) is 0 Å². The fourth-order valence-corrected chi connectivity index (χ4v) is 9.27. The van der Waals surface area contributed by atoms with Crippen LogP contribution in [0.4, 0.5) is 5.69 Å². The summed E-state index contributed by atoms with van der Waals surface area (Å²) in [5, 5.41) is 4.94. The molecule has 2 heteroatoms. The minimum absolute atomic E-state index is 0.606. The minimum Gasteiger partial charge on any atom is -0.457 e. The van der Waals surface area contributed by atoms with Gasteiger partial charge in [-0.1, -0.05) is 152 Å². The molecule has 53 heavy (non-hydrogen) atoms. The maximum Gasteiger partial charge on any atom is 0.132 e. The van der Waals surface area contributed by atoms with Gasteiger partial charge in [-0.05, 0) is 114 Å². The lowest BCUT2D eigenvalue weighted by atomic mass is 9.65. The molecule has 1 spiro atoms. The second kappa shape index (κ2) is 11.3. The molecule has 0 aromatic heterocycles. The Labute approximate surface area is 308 Å². The summed E-state index contributed by atoms with van der Waals surface area (Å²) in [7, 11) is 0. The Hall–Kier alpha value is -6.90. The molecule has 0 radical (unpaired) electrons. The van der Waals surface area contributed by atoms with Gasteiger partial charge in [0, 0.05) is 16.8 Å². The highest BCUT2D eigenvalue weighted by molar-refractivity contribution is 6.21. The van der Waals surface area contributed by atoms with Gasteiger partial charge in [0.1, 0.15) is 11.5 Å². The predicted molar refractivity (Wildman–Crippen MR) is 220 cm³/mol. The Morgan fingerprint density at radius 2 is 0.774 bits per heavy atom. The molecular formula is C51H33NO. The summed E-state index contributed by atoms with van der Waals surface area (Å²) in [6.07, 6.45) is 0. The van der Waals surface area contributed by atoms with Crippen molar-refractivity contribution in [2.75, 3.05) is 5.73 Å². The van der Waals surface area contributed by atoms with Gasteiger partial charge in [-0.3, -0.25) is 0 Å². The summed E-state index contributed by atoms with van der Waals surface area (Å²) in [4.78, 5) is 0. The number of ether oxygens (including phenoxy) is 1. The Morgan fingerprint density at radius 3 is 1.34 bits per heavy atom. The second-order valence-corrected chi connectivity index (χ2v) is 14.2. The zero-order valence-electron chi connectivity index (χ0n) is 28.9. The number of fused-ring (bicyclic) bond motifs is 11. The fourth-order valence-electron chi connectivity index (χ4n) is 9.27. The van der Waals surface area contributed by atoms with Crippen molar-refractivity contribution >= 4 is 27.2 Å². The van der Waals surface area contributed by atoms with Crippen LogP contribution in [-0.4, -0.2) is 0 Å². The maximum absolute atomic E-state index is 6.93. The average molecular weight is 676 g/mol. The number of hydrogen-bond acceptors (Lipinski definition) is 2. The van der Waals surface area contributed by atoms with Gasteiger partial charge in [0.2, 0.25) is 0 Å². The number of anilines is 1. The van der Waals surface area contributed by atoms with E-state index >= 15 is 0 Å². The number of nitrogen functional groups attached to an aromatic ring is 1. The fraction of sp³-hybridized carbons (Fsp3) is 0.0196. The molecule has 9 aromatic rings. The van der Waals surface area contributed by atoms with Crippen LogP contribution in [0.2, 0.25) is 0 Å². The van der Waals surface area contributed by atoms with Crippen molar-refractivity contribution in [1.29, 1.82) is 0 Å². The van der Waals surface area contributed by atoms with E-state index in [1.54, 1.807) is 0 Å². The van der Waals surface area contributed by atoms with Crippen LogP contribution in [0.5, 0.6) is 11.5 Å². The normalized spacial score (nSPS) is 13.3. The highest BCUT2D eigenvalue weighted by Crippen LogP contribution is 2.63. The highest BCUT2D eigenvalue weighted by atomic mass is 16.5. The van der Waals surface area contributed by atoms with Gasteiger partial charge < -0.3 is 10.5 Å². The van der Waals surface area contributed by atoms with Crippen molar-refractivity contribution in [3.63, 3.8) is 0 Å². The molecule has 0 amide bonds. The molecule has 0 saturated carbocycles. The molecule has 1 aliphatic carbocycles. The third-order valence-corrected chi connectivity index (χ3v) is 11.5. The Kier molecular flexibility index (Phi) is 6.35. The third kappa shape index (κ3) is 4.21. The first-order chi connectivity index (χ1) is 26.2. The Bertz CT molecular complexity index is 2820. The summed E-state index contributed by atoms with van der Waals surface area (Å²) in [6, 6.07) is 68.1. The van der Waals surface area contributed by atoms with E-state index in [0.717, 1.165) is 39.4 Å². The van der Waals surface area contributed by atoms with E-state index in [2.05, 4.69) is 176 Å². The Morgan fingerprint density at radius 1 is 0.340 bits per heavy atom. The van der Waals surface area contributed by atoms with E-state index < -0.39 is 5.41 Å². The highest BCUT2D eigenvalue weighted by Gasteiger charge is 2.51. The summed E-state index contributed by atoms with van der Waals surface area (Å²) in [6.45, 7) is 0. The van der Waals surface area contributed by atoms with Gasteiger partial charge >= 0.3 is 0 Å². The number of benzene rings is 9. The van der Waals surface area contributed by atoms with Gasteiger partial charge in [-0.2, -0.15) is 0 Å². The zero-order chi connectivity index (χ0) is 35.1. The largest absolute Gasteiger partial charge is 0.457 e. The molecule has 0 unspecified atom stereocenters. The van der Waals surface area contributed by atoms with Crippen molar-refractivity contribution in [3.8, 4) is 56.0 Å². The predicted octanol–water partition coefficient (Wildman–Crippen LogP) is 13.0. The van der Waals surface area contributed by atoms with Crippen molar-refractivity contribution in [1.82, 2.24) is 0 Å². The van der Waals surface area contributed by atoms with E-state index in [1.165, 1.54) is 66.1 Å². The van der Waals surface area contributed by atoms with Gasteiger partial charge in [0.25, 0.3) is 0 Å². The topological polar surface area (TPSA) is 35.2 Å². The SMILES string of the molecule is Nc1ccc(-c2ccc3c(c2)C2(c4cc(-c5c6ccccc6c(-c6ccccc6)c6ccccc56)ccc4O3)c3ccccc3-c3ccccc32)cc1. The first-order valence-electron chi connectivity index (χ1n) is 18.2. The van der Waals surface area contributed by atoms with Crippen LogP contribution < -0.4 is 10.5 Å². The standard InChI is InChI=1S/C51H33NO/c52-36-26-22-32(23-27-36)34-24-28-47-45(30-34)51(43-20-10-8-14-37(43)38-15-9-11-21-44(38)51)46-31-35(25-29-48(46)53-47)50-41-18-6-4-16-39(41)49(33-12-2-1-3-13-33)40-17-5-7-19-42(40)50/h1-31H,52H2. The smallest absolute Gasteiger partial charge is 0.132 e. The molecule has 2 N–H and O–H groups in total. The second-order valence-electron chi connectivity index (χ2n) is 14.2. The lowest BCUT2D eigenvalue weighted by Crippen LogP contribution is -2.32. The molecule has 0 atom stereocenters. The van der Waals surface area contributed by atoms with Crippen molar-refractivity contribution in [3.05, 3.63) is 210 Å². The van der Waals surface area contributed by atoms with Gasteiger partial charge in [-0.25, -0.2) is 0 Å².